The van der Waals surface area contributed by atoms with Crippen LogP contribution in [0.15, 0.2) is 0 Å². The average Bonchev–Trinajstić information content (AvgIpc) is 2.54. The van der Waals surface area contributed by atoms with E-state index in [-0.39, 0.29) is 12.2 Å². The second-order valence-electron chi connectivity index (χ2n) is 4.98. The number of hydrogen-bond donors (Lipinski definition) is 1. The Labute approximate surface area is 102 Å². The first kappa shape index (κ1) is 12.2. The fourth-order valence-corrected chi connectivity index (χ4v) is 3.73. The van der Waals surface area contributed by atoms with Crippen LogP contribution in [-0.4, -0.2) is 40.6 Å². The maximum atomic E-state index is 12.0. The lowest BCUT2D eigenvalue weighted by Gasteiger charge is -2.36. The lowest BCUT2D eigenvalue weighted by molar-refractivity contribution is -0.132. The molecule has 2 rings (SSSR count). The van der Waals surface area contributed by atoms with Crippen molar-refractivity contribution in [3.63, 3.8) is 0 Å². The summed E-state index contributed by atoms with van der Waals surface area (Å²) in [7, 11) is 0. The van der Waals surface area contributed by atoms with Crippen molar-refractivity contribution in [3.05, 3.63) is 0 Å². The Kier molecular flexibility index (Phi) is 3.80. The van der Waals surface area contributed by atoms with E-state index in [4.69, 9.17) is 0 Å². The van der Waals surface area contributed by atoms with E-state index < -0.39 is 0 Å². The third kappa shape index (κ3) is 2.23. The molecule has 92 valence electrons. The van der Waals surface area contributed by atoms with Crippen molar-refractivity contribution in [2.45, 2.75) is 63.0 Å². The summed E-state index contributed by atoms with van der Waals surface area (Å²) in [5, 5.41) is 4.12. The molecular formula is C12H22N2OS. The van der Waals surface area contributed by atoms with Crippen molar-refractivity contribution in [2.24, 2.45) is 0 Å². The van der Waals surface area contributed by atoms with Crippen molar-refractivity contribution in [2.75, 3.05) is 6.26 Å². The maximum Gasteiger partial charge on any atom is 0.240 e. The van der Waals surface area contributed by atoms with Gasteiger partial charge in [0.1, 0.15) is 0 Å². The molecule has 0 bridgehead atoms. The van der Waals surface area contributed by atoms with Gasteiger partial charge >= 0.3 is 0 Å². The SMILES string of the molecule is CSC1CCC(N2C(=O)C(C)NC2C)CC1. The summed E-state index contributed by atoms with van der Waals surface area (Å²) in [4.78, 5) is 14.1. The molecule has 0 radical (unpaired) electrons. The average molecular weight is 242 g/mol. The molecule has 2 fully saturated rings. The molecule has 4 heteroatoms. The van der Waals surface area contributed by atoms with Gasteiger partial charge in [0, 0.05) is 11.3 Å². The highest BCUT2D eigenvalue weighted by atomic mass is 32.2. The van der Waals surface area contributed by atoms with E-state index in [1.807, 2.05) is 18.7 Å². The Morgan fingerprint density at radius 2 is 1.88 bits per heavy atom. The van der Waals surface area contributed by atoms with E-state index in [1.165, 1.54) is 25.7 Å². The van der Waals surface area contributed by atoms with Crippen molar-refractivity contribution >= 4 is 17.7 Å². The van der Waals surface area contributed by atoms with Gasteiger partial charge in [0.2, 0.25) is 5.91 Å². The predicted octanol–water partition coefficient (Wildman–Crippen LogP) is 1.83. The molecule has 1 aliphatic heterocycles. The van der Waals surface area contributed by atoms with E-state index in [0.717, 1.165) is 5.25 Å². The molecule has 2 aliphatic rings. The lowest BCUT2D eigenvalue weighted by Crippen LogP contribution is -2.45. The van der Waals surface area contributed by atoms with E-state index in [0.29, 0.717) is 11.9 Å². The molecule has 3 nitrogen and oxygen atoms in total. The van der Waals surface area contributed by atoms with Crippen LogP contribution < -0.4 is 5.32 Å². The summed E-state index contributed by atoms with van der Waals surface area (Å²) in [6.07, 6.45) is 7.29. The summed E-state index contributed by atoms with van der Waals surface area (Å²) < 4.78 is 0. The van der Waals surface area contributed by atoms with Gasteiger partial charge < -0.3 is 4.90 Å². The molecule has 16 heavy (non-hydrogen) atoms. The minimum absolute atomic E-state index is 0.00766. The topological polar surface area (TPSA) is 32.3 Å². The normalized spacial score (nSPS) is 40.4. The first-order chi connectivity index (χ1) is 7.63. The zero-order valence-corrected chi connectivity index (χ0v) is 11.2. The van der Waals surface area contributed by atoms with Crippen molar-refractivity contribution < 1.29 is 4.79 Å². The van der Waals surface area contributed by atoms with Crippen LogP contribution in [0.5, 0.6) is 0 Å². The number of nitrogens with zero attached hydrogens (tertiary/aromatic N) is 1. The Morgan fingerprint density at radius 1 is 1.25 bits per heavy atom. The first-order valence-electron chi connectivity index (χ1n) is 6.24. The number of nitrogens with one attached hydrogen (secondary N) is 1. The Morgan fingerprint density at radius 3 is 2.31 bits per heavy atom. The molecule has 0 aromatic rings. The van der Waals surface area contributed by atoms with E-state index >= 15 is 0 Å². The van der Waals surface area contributed by atoms with Crippen LogP contribution >= 0.6 is 11.8 Å². The number of thioether (sulfide) groups is 1. The summed E-state index contributed by atoms with van der Waals surface area (Å²) in [6.45, 7) is 4.06. The molecule has 1 saturated heterocycles. The van der Waals surface area contributed by atoms with Crippen LogP contribution in [0, 0.1) is 0 Å². The van der Waals surface area contributed by atoms with Gasteiger partial charge in [-0.3, -0.25) is 10.1 Å². The highest BCUT2D eigenvalue weighted by molar-refractivity contribution is 7.99. The lowest BCUT2D eigenvalue weighted by atomic mass is 9.93. The van der Waals surface area contributed by atoms with E-state index in [1.54, 1.807) is 0 Å². The van der Waals surface area contributed by atoms with Crippen LogP contribution in [0.3, 0.4) is 0 Å². The molecule has 1 saturated carbocycles. The second-order valence-corrected chi connectivity index (χ2v) is 6.11. The van der Waals surface area contributed by atoms with Gasteiger partial charge in [0.25, 0.3) is 0 Å². The van der Waals surface area contributed by atoms with Crippen molar-refractivity contribution in [1.29, 1.82) is 0 Å². The van der Waals surface area contributed by atoms with Gasteiger partial charge in [0.15, 0.2) is 0 Å². The number of amides is 1. The molecule has 1 amide bonds. The zero-order valence-electron chi connectivity index (χ0n) is 10.4. The van der Waals surface area contributed by atoms with Gasteiger partial charge in [-0.2, -0.15) is 11.8 Å². The highest BCUT2D eigenvalue weighted by Gasteiger charge is 2.39. The molecule has 1 aliphatic carbocycles. The number of rotatable bonds is 2. The van der Waals surface area contributed by atoms with Crippen LogP contribution in [0.2, 0.25) is 0 Å². The van der Waals surface area contributed by atoms with Crippen LogP contribution in [0.25, 0.3) is 0 Å². The third-order valence-corrected chi connectivity index (χ3v) is 5.04. The minimum Gasteiger partial charge on any atom is -0.323 e. The molecule has 1 heterocycles. The van der Waals surface area contributed by atoms with Gasteiger partial charge in [-0.1, -0.05) is 0 Å². The van der Waals surface area contributed by atoms with Gasteiger partial charge in [-0.05, 0) is 45.8 Å². The monoisotopic (exact) mass is 242 g/mol. The zero-order chi connectivity index (χ0) is 11.7. The highest BCUT2D eigenvalue weighted by Crippen LogP contribution is 2.31. The molecule has 2 unspecified atom stereocenters. The van der Waals surface area contributed by atoms with Crippen molar-refractivity contribution in [1.82, 2.24) is 10.2 Å². The van der Waals surface area contributed by atoms with Gasteiger partial charge in [-0.25, -0.2) is 0 Å². The molecule has 0 spiro atoms. The summed E-state index contributed by atoms with van der Waals surface area (Å²) >= 11 is 1.97. The molecule has 0 aromatic heterocycles. The van der Waals surface area contributed by atoms with Crippen LogP contribution in [0.4, 0.5) is 0 Å². The Balaban J connectivity index is 1.96. The Bertz CT molecular complexity index is 264. The predicted molar refractivity (Wildman–Crippen MR) is 68.5 cm³/mol. The van der Waals surface area contributed by atoms with Crippen molar-refractivity contribution in [3.8, 4) is 0 Å². The third-order valence-electron chi connectivity index (χ3n) is 3.90. The summed E-state index contributed by atoms with van der Waals surface area (Å²) in [5.74, 6) is 0.292. The standard InChI is InChI=1S/C12H22N2OS/c1-8-12(15)14(9(2)13-8)10-4-6-11(16-3)7-5-10/h8-11,13H,4-7H2,1-3H3. The second kappa shape index (κ2) is 4.96. The molecule has 2 atom stereocenters. The first-order valence-corrected chi connectivity index (χ1v) is 7.53. The molecule has 0 aromatic carbocycles. The fourth-order valence-electron chi connectivity index (χ4n) is 2.98. The fraction of sp³-hybridized carbons (Fsp3) is 0.917. The Hall–Kier alpha value is -0.220. The molecule has 1 N–H and O–H groups in total. The van der Waals surface area contributed by atoms with Crippen LogP contribution in [0.1, 0.15) is 39.5 Å². The minimum atomic E-state index is 0.00766. The number of carbonyl (C=O) groups is 1. The van der Waals surface area contributed by atoms with Gasteiger partial charge in [0.05, 0.1) is 12.2 Å². The van der Waals surface area contributed by atoms with E-state index in [9.17, 15) is 4.79 Å². The largest absolute Gasteiger partial charge is 0.323 e. The quantitative estimate of drug-likeness (QED) is 0.802. The van der Waals surface area contributed by atoms with Gasteiger partial charge in [-0.15, -0.1) is 0 Å². The molecular weight excluding hydrogens is 220 g/mol. The summed E-state index contributed by atoms with van der Waals surface area (Å²) in [5.41, 5.74) is 0. The smallest absolute Gasteiger partial charge is 0.240 e. The maximum absolute atomic E-state index is 12.0. The number of carbonyl (C=O) groups excluding carboxylic acids is 1. The summed E-state index contributed by atoms with van der Waals surface area (Å²) in [6, 6.07) is 0.483. The van der Waals surface area contributed by atoms with Crippen LogP contribution in [-0.2, 0) is 4.79 Å². The van der Waals surface area contributed by atoms with E-state index in [2.05, 4.69) is 23.4 Å². The number of hydrogen-bond acceptors (Lipinski definition) is 3.